The molecule has 0 unspecified atom stereocenters. The highest BCUT2D eigenvalue weighted by Gasteiger charge is 2.13. The normalized spacial score (nSPS) is 10.8. The fraction of sp³-hybridized carbons (Fsp3) is 0.0870. The lowest BCUT2D eigenvalue weighted by molar-refractivity contribution is -0.113. The lowest BCUT2D eigenvalue weighted by Gasteiger charge is -2.08. The smallest absolute Gasteiger partial charge is 0.258 e. The van der Waals surface area contributed by atoms with Crippen LogP contribution in [-0.2, 0) is 11.2 Å². The topological polar surface area (TPSA) is 95.1 Å². The maximum Gasteiger partial charge on any atom is 0.258 e. The number of nitrogens with one attached hydrogen (secondary N) is 2. The van der Waals surface area contributed by atoms with Crippen LogP contribution in [-0.4, -0.2) is 26.7 Å². The van der Waals surface area contributed by atoms with E-state index >= 15 is 0 Å². The summed E-state index contributed by atoms with van der Waals surface area (Å²) in [5, 5.41) is 15.4. The van der Waals surface area contributed by atoms with Gasteiger partial charge in [-0.15, -0.1) is 0 Å². The minimum absolute atomic E-state index is 0.0488. The van der Waals surface area contributed by atoms with Gasteiger partial charge in [0.25, 0.3) is 5.56 Å². The van der Waals surface area contributed by atoms with Crippen LogP contribution >= 0.6 is 11.8 Å². The molecule has 0 saturated heterocycles. The van der Waals surface area contributed by atoms with Crippen molar-refractivity contribution < 1.29 is 9.90 Å². The Labute approximate surface area is 177 Å². The highest BCUT2D eigenvalue weighted by molar-refractivity contribution is 7.99. The second-order valence-corrected chi connectivity index (χ2v) is 7.70. The van der Waals surface area contributed by atoms with Crippen LogP contribution in [0, 0.1) is 0 Å². The molecule has 1 aromatic heterocycles. The first kappa shape index (κ1) is 19.7. The van der Waals surface area contributed by atoms with Gasteiger partial charge in [-0.05, 0) is 28.5 Å². The summed E-state index contributed by atoms with van der Waals surface area (Å²) >= 11 is 1.06. The molecule has 30 heavy (non-hydrogen) atoms. The van der Waals surface area contributed by atoms with Crippen LogP contribution < -0.4 is 10.9 Å². The second-order valence-electron chi connectivity index (χ2n) is 6.73. The van der Waals surface area contributed by atoms with E-state index in [2.05, 4.69) is 15.3 Å². The molecule has 0 radical (unpaired) electrons. The van der Waals surface area contributed by atoms with Gasteiger partial charge in [0.1, 0.15) is 0 Å². The highest BCUT2D eigenvalue weighted by atomic mass is 32.2. The second kappa shape index (κ2) is 8.84. The van der Waals surface area contributed by atoms with Gasteiger partial charge in [-0.1, -0.05) is 72.4 Å². The Morgan fingerprint density at radius 1 is 1.00 bits per heavy atom. The standard InChI is InChI=1S/C23H19N3O3S/c27-20(24-18-11-10-16-8-4-5-9-17(16)13-18)14-30-23-25-21(28)19(22(29)26-23)12-15-6-2-1-3-7-15/h1-11,13H,12,14H2,(H,24,27)(H2,25,26,28,29). The molecule has 0 bridgehead atoms. The minimum Gasteiger partial charge on any atom is -0.493 e. The number of rotatable bonds is 6. The number of H-pyrrole nitrogens is 1. The average molecular weight is 417 g/mol. The number of thioether (sulfide) groups is 1. The average Bonchev–Trinajstić information content (AvgIpc) is 2.75. The van der Waals surface area contributed by atoms with Crippen molar-refractivity contribution in [2.24, 2.45) is 0 Å². The number of anilines is 1. The molecule has 0 aliphatic heterocycles. The Balaban J connectivity index is 1.40. The molecule has 0 atom stereocenters. The van der Waals surface area contributed by atoms with Crippen molar-refractivity contribution in [2.45, 2.75) is 11.6 Å². The SMILES string of the molecule is O=C(CSc1nc(O)c(Cc2ccccc2)c(=O)[nH]1)Nc1ccc2ccccc2c1. The summed E-state index contributed by atoms with van der Waals surface area (Å²) in [6, 6.07) is 23.0. The number of fused-ring (bicyclic) bond motifs is 1. The maximum absolute atomic E-state index is 12.4. The van der Waals surface area contributed by atoms with Crippen LogP contribution in [0.4, 0.5) is 5.69 Å². The summed E-state index contributed by atoms with van der Waals surface area (Å²) in [6.07, 6.45) is 0.280. The highest BCUT2D eigenvalue weighted by Crippen LogP contribution is 2.21. The van der Waals surface area contributed by atoms with Gasteiger partial charge in [-0.2, -0.15) is 4.98 Å². The number of carbonyl (C=O) groups excluding carboxylic acids is 1. The van der Waals surface area contributed by atoms with Gasteiger partial charge in [0, 0.05) is 12.1 Å². The molecule has 0 aliphatic rings. The lowest BCUT2D eigenvalue weighted by atomic mass is 10.1. The minimum atomic E-state index is -0.413. The van der Waals surface area contributed by atoms with Gasteiger partial charge in [0.15, 0.2) is 5.16 Å². The molecule has 3 N–H and O–H groups in total. The van der Waals surface area contributed by atoms with Gasteiger partial charge < -0.3 is 15.4 Å². The summed E-state index contributed by atoms with van der Waals surface area (Å²) in [4.78, 5) is 31.3. The van der Waals surface area contributed by atoms with E-state index in [1.54, 1.807) is 0 Å². The van der Waals surface area contributed by atoms with E-state index in [1.807, 2.05) is 72.8 Å². The molecule has 0 saturated carbocycles. The summed E-state index contributed by atoms with van der Waals surface area (Å²) in [6.45, 7) is 0. The van der Waals surface area contributed by atoms with Gasteiger partial charge >= 0.3 is 0 Å². The summed E-state index contributed by atoms with van der Waals surface area (Å²) < 4.78 is 0. The summed E-state index contributed by atoms with van der Waals surface area (Å²) in [5.41, 5.74) is 1.38. The molecule has 0 fully saturated rings. The van der Waals surface area contributed by atoms with Crippen molar-refractivity contribution in [3.05, 3.63) is 94.3 Å². The largest absolute Gasteiger partial charge is 0.493 e. The molecule has 4 rings (SSSR count). The molecule has 1 heterocycles. The number of hydrogen-bond acceptors (Lipinski definition) is 5. The zero-order valence-electron chi connectivity index (χ0n) is 16.0. The zero-order chi connectivity index (χ0) is 20.9. The Hall–Kier alpha value is -3.58. The van der Waals surface area contributed by atoms with Crippen LogP contribution in [0.5, 0.6) is 5.88 Å². The van der Waals surface area contributed by atoms with E-state index in [4.69, 9.17) is 0 Å². The zero-order valence-corrected chi connectivity index (χ0v) is 16.8. The third-order valence-corrected chi connectivity index (χ3v) is 5.44. The van der Waals surface area contributed by atoms with Crippen molar-refractivity contribution in [2.75, 3.05) is 11.1 Å². The first-order valence-corrected chi connectivity index (χ1v) is 10.3. The Kier molecular flexibility index (Phi) is 5.81. The Bertz CT molecular complexity index is 1260. The monoisotopic (exact) mass is 417 g/mol. The molecule has 4 aromatic rings. The van der Waals surface area contributed by atoms with E-state index in [1.165, 1.54) is 0 Å². The van der Waals surface area contributed by atoms with Gasteiger partial charge in [0.2, 0.25) is 11.8 Å². The van der Waals surface area contributed by atoms with Crippen molar-refractivity contribution in [1.82, 2.24) is 9.97 Å². The van der Waals surface area contributed by atoms with E-state index < -0.39 is 5.56 Å². The molecule has 0 aliphatic carbocycles. The first-order valence-electron chi connectivity index (χ1n) is 9.36. The van der Waals surface area contributed by atoms with Crippen molar-refractivity contribution in [3.63, 3.8) is 0 Å². The quantitative estimate of drug-likeness (QED) is 0.326. The number of aromatic amines is 1. The molecule has 7 heteroatoms. The van der Waals surface area contributed by atoms with Crippen molar-refractivity contribution in [1.29, 1.82) is 0 Å². The van der Waals surface area contributed by atoms with E-state index in [9.17, 15) is 14.7 Å². The van der Waals surface area contributed by atoms with E-state index in [0.717, 1.165) is 28.1 Å². The molecular formula is C23H19N3O3S. The van der Waals surface area contributed by atoms with E-state index in [-0.39, 0.29) is 34.7 Å². The number of aromatic nitrogens is 2. The molecule has 1 amide bonds. The van der Waals surface area contributed by atoms with Gasteiger partial charge in [0.05, 0.1) is 11.3 Å². The van der Waals surface area contributed by atoms with Crippen molar-refractivity contribution in [3.8, 4) is 5.88 Å². The predicted molar refractivity (Wildman–Crippen MR) is 119 cm³/mol. The Morgan fingerprint density at radius 2 is 1.73 bits per heavy atom. The van der Waals surface area contributed by atoms with Crippen LogP contribution in [0.3, 0.4) is 0 Å². The number of aromatic hydroxyl groups is 1. The molecule has 0 spiro atoms. The van der Waals surface area contributed by atoms with Crippen molar-refractivity contribution >= 4 is 34.1 Å². The number of benzene rings is 3. The fourth-order valence-electron chi connectivity index (χ4n) is 3.09. The maximum atomic E-state index is 12.4. The number of carbonyl (C=O) groups is 1. The van der Waals surface area contributed by atoms with Gasteiger partial charge in [-0.3, -0.25) is 9.59 Å². The molecule has 150 valence electrons. The third kappa shape index (κ3) is 4.69. The summed E-state index contributed by atoms with van der Waals surface area (Å²) in [5.74, 6) is -0.501. The van der Waals surface area contributed by atoms with Crippen LogP contribution in [0.1, 0.15) is 11.1 Å². The molecular weight excluding hydrogens is 398 g/mol. The molecule has 3 aromatic carbocycles. The lowest BCUT2D eigenvalue weighted by Crippen LogP contribution is -2.17. The predicted octanol–water partition coefficient (Wildman–Crippen LogP) is 3.95. The third-order valence-electron chi connectivity index (χ3n) is 4.57. The van der Waals surface area contributed by atoms with Crippen LogP contribution in [0.25, 0.3) is 10.8 Å². The number of nitrogens with zero attached hydrogens (tertiary/aromatic N) is 1. The van der Waals surface area contributed by atoms with E-state index in [0.29, 0.717) is 5.69 Å². The number of amides is 1. The summed E-state index contributed by atoms with van der Waals surface area (Å²) in [7, 11) is 0. The first-order chi connectivity index (χ1) is 14.6. The number of hydrogen-bond donors (Lipinski definition) is 3. The Morgan fingerprint density at radius 3 is 2.50 bits per heavy atom. The van der Waals surface area contributed by atoms with Gasteiger partial charge in [-0.25, -0.2) is 0 Å². The van der Waals surface area contributed by atoms with Crippen LogP contribution in [0.15, 0.2) is 82.7 Å². The van der Waals surface area contributed by atoms with Crippen LogP contribution in [0.2, 0.25) is 0 Å². The molecule has 6 nitrogen and oxygen atoms in total. The fourth-order valence-corrected chi connectivity index (χ4v) is 3.75.